The number of hydrogen-bond donors (Lipinski definition) is 3. The van der Waals surface area contributed by atoms with Crippen LogP contribution in [-0.2, 0) is 16.0 Å². The molecule has 0 fully saturated rings. The Morgan fingerprint density at radius 3 is 3.12 bits per heavy atom. The number of methoxy groups -OCH3 is 1. The smallest absolute Gasteiger partial charge is 0.250 e. The molecular formula is C10H18N4O2. The molecule has 0 aliphatic rings. The molecule has 1 unspecified atom stereocenters. The topological polar surface area (TPSA) is 93.0 Å². The van der Waals surface area contributed by atoms with Crippen molar-refractivity contribution in [3.8, 4) is 0 Å². The Balaban J connectivity index is 2.13. The molecule has 1 aromatic heterocycles. The second-order valence-electron chi connectivity index (χ2n) is 3.39. The molecule has 1 aromatic rings. The Bertz CT molecular complexity index is 296. The summed E-state index contributed by atoms with van der Waals surface area (Å²) < 4.78 is 4.91. The number of aryl methyl sites for hydroxylation is 1. The monoisotopic (exact) mass is 226 g/mol. The van der Waals surface area contributed by atoms with Crippen LogP contribution in [0.5, 0.6) is 0 Å². The quantitative estimate of drug-likeness (QED) is 0.543. The summed E-state index contributed by atoms with van der Waals surface area (Å²) in [5.41, 5.74) is 5.36. The van der Waals surface area contributed by atoms with Crippen molar-refractivity contribution in [1.29, 1.82) is 0 Å². The third-order valence-electron chi connectivity index (χ3n) is 2.24. The summed E-state index contributed by atoms with van der Waals surface area (Å²) in [7, 11) is 1.47. The van der Waals surface area contributed by atoms with Crippen molar-refractivity contribution in [3.63, 3.8) is 0 Å². The van der Waals surface area contributed by atoms with Crippen LogP contribution >= 0.6 is 0 Å². The first-order valence-corrected chi connectivity index (χ1v) is 5.26. The Hall–Kier alpha value is -1.40. The summed E-state index contributed by atoms with van der Waals surface area (Å²) in [6.07, 6.45) is 4.59. The predicted octanol–water partition coefficient (Wildman–Crippen LogP) is -0.568. The van der Waals surface area contributed by atoms with Gasteiger partial charge >= 0.3 is 0 Å². The highest BCUT2D eigenvalue weighted by Crippen LogP contribution is 1.94. The minimum atomic E-state index is -0.552. The van der Waals surface area contributed by atoms with Crippen molar-refractivity contribution in [3.05, 3.63) is 18.2 Å². The molecule has 0 aliphatic heterocycles. The molecule has 0 saturated heterocycles. The van der Waals surface area contributed by atoms with E-state index in [0.717, 1.165) is 18.7 Å². The first-order chi connectivity index (χ1) is 7.77. The van der Waals surface area contributed by atoms with Crippen molar-refractivity contribution in [2.75, 3.05) is 20.2 Å². The third kappa shape index (κ3) is 4.00. The van der Waals surface area contributed by atoms with Gasteiger partial charge in [0.1, 0.15) is 11.9 Å². The third-order valence-corrected chi connectivity index (χ3v) is 2.24. The van der Waals surface area contributed by atoms with Gasteiger partial charge in [0.15, 0.2) is 0 Å². The largest absolute Gasteiger partial charge is 0.370 e. The van der Waals surface area contributed by atoms with E-state index in [9.17, 15) is 4.79 Å². The average Bonchev–Trinajstić information content (AvgIpc) is 2.79. The van der Waals surface area contributed by atoms with Gasteiger partial charge in [0, 0.05) is 39.0 Å². The van der Waals surface area contributed by atoms with E-state index in [-0.39, 0.29) is 12.5 Å². The highest BCUT2D eigenvalue weighted by Gasteiger charge is 2.14. The summed E-state index contributed by atoms with van der Waals surface area (Å²) in [4.78, 5) is 18.5. The van der Waals surface area contributed by atoms with Crippen LogP contribution in [0.25, 0.3) is 0 Å². The molecule has 4 N–H and O–H groups in total. The summed E-state index contributed by atoms with van der Waals surface area (Å²) in [6.45, 7) is 0.792. The molecule has 0 saturated carbocycles. The fraction of sp³-hybridized carbons (Fsp3) is 0.600. The van der Waals surface area contributed by atoms with Crippen molar-refractivity contribution in [2.45, 2.75) is 18.9 Å². The van der Waals surface area contributed by atoms with Gasteiger partial charge in [-0.1, -0.05) is 0 Å². The van der Waals surface area contributed by atoms with Gasteiger partial charge in [0.25, 0.3) is 0 Å². The van der Waals surface area contributed by atoms with Crippen LogP contribution in [0.15, 0.2) is 12.4 Å². The van der Waals surface area contributed by atoms with Crippen molar-refractivity contribution in [2.24, 2.45) is 5.73 Å². The van der Waals surface area contributed by atoms with E-state index >= 15 is 0 Å². The molecule has 1 rings (SSSR count). The number of ether oxygens (including phenoxy) is 1. The van der Waals surface area contributed by atoms with E-state index in [1.807, 2.05) is 0 Å². The molecule has 90 valence electrons. The number of carbonyl (C=O) groups excluding carboxylic acids is 1. The lowest BCUT2D eigenvalue weighted by Gasteiger charge is -2.12. The van der Waals surface area contributed by atoms with Gasteiger partial charge in [-0.2, -0.15) is 0 Å². The van der Waals surface area contributed by atoms with E-state index in [4.69, 9.17) is 10.5 Å². The number of aromatic nitrogens is 2. The lowest BCUT2D eigenvalue weighted by molar-refractivity contribution is -0.130. The van der Waals surface area contributed by atoms with Crippen LogP contribution in [0.4, 0.5) is 0 Å². The first-order valence-electron chi connectivity index (χ1n) is 5.26. The van der Waals surface area contributed by atoms with E-state index in [1.54, 1.807) is 12.4 Å². The predicted molar refractivity (Wildman–Crippen MR) is 59.8 cm³/mol. The number of nitrogens with zero attached hydrogens (tertiary/aromatic N) is 1. The number of hydrogen-bond acceptors (Lipinski definition) is 4. The zero-order valence-corrected chi connectivity index (χ0v) is 9.40. The molecule has 0 radical (unpaired) electrons. The first kappa shape index (κ1) is 12.7. The molecule has 1 heterocycles. The second kappa shape index (κ2) is 6.97. The number of rotatable bonds is 7. The number of H-pyrrole nitrogens is 1. The van der Waals surface area contributed by atoms with Crippen LogP contribution < -0.4 is 11.1 Å². The Morgan fingerprint density at radius 2 is 2.56 bits per heavy atom. The van der Waals surface area contributed by atoms with Gasteiger partial charge < -0.3 is 20.8 Å². The minimum absolute atomic E-state index is 0.163. The molecule has 1 atom stereocenters. The SMILES string of the molecule is COC(CN)C(=O)NCCCc1ncc[nH]1. The highest BCUT2D eigenvalue weighted by molar-refractivity contribution is 5.80. The van der Waals surface area contributed by atoms with E-state index in [1.165, 1.54) is 7.11 Å². The maximum Gasteiger partial charge on any atom is 0.250 e. The summed E-state index contributed by atoms with van der Waals surface area (Å²) in [6, 6.07) is 0. The molecule has 0 aromatic carbocycles. The molecule has 6 nitrogen and oxygen atoms in total. The van der Waals surface area contributed by atoms with Gasteiger partial charge in [-0.15, -0.1) is 0 Å². The zero-order chi connectivity index (χ0) is 11.8. The number of nitrogens with one attached hydrogen (secondary N) is 2. The standard InChI is InChI=1S/C10H18N4O2/c1-16-8(7-11)10(15)14-4-2-3-9-12-5-6-13-9/h5-6,8H,2-4,7,11H2,1H3,(H,12,13)(H,14,15). The number of nitrogens with two attached hydrogens (primary N) is 1. The van der Waals surface area contributed by atoms with E-state index in [0.29, 0.717) is 6.54 Å². The summed E-state index contributed by atoms with van der Waals surface area (Å²) in [5, 5.41) is 2.76. The number of imidazole rings is 1. The van der Waals surface area contributed by atoms with Crippen LogP contribution in [-0.4, -0.2) is 42.2 Å². The highest BCUT2D eigenvalue weighted by atomic mass is 16.5. The number of amides is 1. The minimum Gasteiger partial charge on any atom is -0.370 e. The maximum atomic E-state index is 11.4. The average molecular weight is 226 g/mol. The fourth-order valence-electron chi connectivity index (χ4n) is 1.33. The van der Waals surface area contributed by atoms with Gasteiger partial charge in [-0.05, 0) is 6.42 Å². The molecule has 6 heteroatoms. The van der Waals surface area contributed by atoms with E-state index in [2.05, 4.69) is 15.3 Å². The fourth-order valence-corrected chi connectivity index (χ4v) is 1.33. The molecule has 16 heavy (non-hydrogen) atoms. The van der Waals surface area contributed by atoms with Crippen molar-refractivity contribution in [1.82, 2.24) is 15.3 Å². The maximum absolute atomic E-state index is 11.4. The molecule has 0 aliphatic carbocycles. The lowest BCUT2D eigenvalue weighted by Crippen LogP contribution is -2.41. The van der Waals surface area contributed by atoms with E-state index < -0.39 is 6.10 Å². The van der Waals surface area contributed by atoms with Gasteiger partial charge in [-0.25, -0.2) is 4.98 Å². The second-order valence-corrected chi connectivity index (χ2v) is 3.39. The van der Waals surface area contributed by atoms with Crippen LogP contribution in [0.2, 0.25) is 0 Å². The zero-order valence-electron chi connectivity index (χ0n) is 9.40. The summed E-state index contributed by atoms with van der Waals surface area (Å²) >= 11 is 0. The van der Waals surface area contributed by atoms with Gasteiger partial charge in [0.2, 0.25) is 5.91 Å². The van der Waals surface area contributed by atoms with Crippen molar-refractivity contribution < 1.29 is 9.53 Å². The number of aromatic amines is 1. The Morgan fingerprint density at radius 1 is 1.75 bits per heavy atom. The molecule has 0 bridgehead atoms. The summed E-state index contributed by atoms with van der Waals surface area (Å²) in [5.74, 6) is 0.765. The van der Waals surface area contributed by atoms with Crippen LogP contribution in [0.1, 0.15) is 12.2 Å². The van der Waals surface area contributed by atoms with Gasteiger partial charge in [0.05, 0.1) is 0 Å². The Labute approximate surface area is 94.6 Å². The van der Waals surface area contributed by atoms with Crippen LogP contribution in [0, 0.1) is 0 Å². The lowest BCUT2D eigenvalue weighted by atomic mass is 10.3. The van der Waals surface area contributed by atoms with Crippen LogP contribution in [0.3, 0.4) is 0 Å². The molecular weight excluding hydrogens is 208 g/mol. The molecule has 0 spiro atoms. The van der Waals surface area contributed by atoms with Gasteiger partial charge in [-0.3, -0.25) is 4.79 Å². The Kier molecular flexibility index (Phi) is 5.52. The number of carbonyl (C=O) groups is 1. The van der Waals surface area contributed by atoms with Crippen molar-refractivity contribution >= 4 is 5.91 Å². The normalized spacial score (nSPS) is 12.4. The molecule has 1 amide bonds.